The van der Waals surface area contributed by atoms with Crippen LogP contribution in [0.5, 0.6) is 11.5 Å². The van der Waals surface area contributed by atoms with Crippen LogP contribution in [-0.4, -0.2) is 75.6 Å². The van der Waals surface area contributed by atoms with Crippen molar-refractivity contribution in [2.24, 2.45) is 0 Å². The summed E-state index contributed by atoms with van der Waals surface area (Å²) in [7, 11) is 3.04. The van der Waals surface area contributed by atoms with Crippen molar-refractivity contribution in [2.45, 2.75) is 6.10 Å². The fourth-order valence-electron chi connectivity index (χ4n) is 3.37. The number of carbonyl (C=O) groups is 2. The molecule has 0 bridgehead atoms. The predicted octanol–water partition coefficient (Wildman–Crippen LogP) is 1.83. The minimum atomic E-state index is -0.982. The lowest BCUT2D eigenvalue weighted by molar-refractivity contribution is -0.118. The largest absolute Gasteiger partial charge is 0.497 e. The Morgan fingerprint density at radius 3 is 2.33 bits per heavy atom. The van der Waals surface area contributed by atoms with Crippen molar-refractivity contribution in [3.63, 3.8) is 0 Å². The zero-order chi connectivity index (χ0) is 23.6. The number of urea groups is 1. The molecular weight excluding hydrogens is 428 g/mol. The number of rotatable bonds is 9. The van der Waals surface area contributed by atoms with E-state index in [2.05, 4.69) is 16.0 Å². The molecule has 1 aliphatic heterocycles. The van der Waals surface area contributed by atoms with Crippen LogP contribution in [0.2, 0.25) is 0 Å². The van der Waals surface area contributed by atoms with Crippen LogP contribution >= 0.6 is 0 Å². The Morgan fingerprint density at radius 2 is 1.70 bits per heavy atom. The fourth-order valence-corrected chi connectivity index (χ4v) is 3.37. The maximum atomic E-state index is 12.2. The van der Waals surface area contributed by atoms with Crippen molar-refractivity contribution in [3.05, 3.63) is 48.0 Å². The van der Waals surface area contributed by atoms with Crippen molar-refractivity contribution < 1.29 is 28.9 Å². The average Bonchev–Trinajstić information content (AvgIpc) is 2.84. The Balaban J connectivity index is 1.46. The normalized spacial score (nSPS) is 14.8. The third kappa shape index (κ3) is 7.35. The highest BCUT2D eigenvalue weighted by Gasteiger charge is 2.16. The quantitative estimate of drug-likeness (QED) is 0.452. The lowest BCUT2D eigenvalue weighted by Gasteiger charge is -2.25. The first-order valence-electron chi connectivity index (χ1n) is 10.6. The van der Waals surface area contributed by atoms with Gasteiger partial charge in [-0.15, -0.1) is 0 Å². The molecule has 1 atom stereocenters. The van der Waals surface area contributed by atoms with Crippen molar-refractivity contribution >= 4 is 23.3 Å². The number of aliphatic hydroxyl groups excluding tert-OH is 1. The van der Waals surface area contributed by atoms with E-state index in [-0.39, 0.29) is 12.5 Å². The predicted molar refractivity (Wildman–Crippen MR) is 124 cm³/mol. The van der Waals surface area contributed by atoms with E-state index in [0.717, 1.165) is 13.1 Å². The molecule has 4 N–H and O–H groups in total. The van der Waals surface area contributed by atoms with Gasteiger partial charge < -0.3 is 35.3 Å². The van der Waals surface area contributed by atoms with Gasteiger partial charge in [0.2, 0.25) is 5.91 Å². The van der Waals surface area contributed by atoms with E-state index < -0.39 is 12.1 Å². The molecule has 10 nitrogen and oxygen atoms in total. The molecule has 2 aromatic carbocycles. The van der Waals surface area contributed by atoms with Crippen LogP contribution < -0.4 is 25.4 Å². The second-order valence-electron chi connectivity index (χ2n) is 7.47. The standard InChI is InChI=1S/C23H30N4O6/c1-31-18-7-8-21(32-2)19(13-18)20(28)14-24-23(30)26-17-5-3-16(4-6-17)25-22(29)15-27-9-11-33-12-10-27/h3-8,13,20,28H,9-12,14-15H2,1-2H3,(H,25,29)(H2,24,26,30)/t20-/m0/s1. The van der Waals surface area contributed by atoms with Gasteiger partial charge in [-0.25, -0.2) is 4.79 Å². The molecule has 1 fully saturated rings. The number of amides is 3. The van der Waals surface area contributed by atoms with Gasteiger partial charge in [-0.2, -0.15) is 0 Å². The first kappa shape index (κ1) is 24.3. The molecule has 1 saturated heterocycles. The smallest absolute Gasteiger partial charge is 0.319 e. The van der Waals surface area contributed by atoms with E-state index in [1.807, 2.05) is 4.90 Å². The minimum Gasteiger partial charge on any atom is -0.497 e. The van der Waals surface area contributed by atoms with Gasteiger partial charge in [-0.1, -0.05) is 0 Å². The number of ether oxygens (including phenoxy) is 3. The molecule has 3 amide bonds. The van der Waals surface area contributed by atoms with E-state index in [1.54, 1.807) is 42.5 Å². The van der Waals surface area contributed by atoms with Gasteiger partial charge in [-0.3, -0.25) is 9.69 Å². The van der Waals surface area contributed by atoms with E-state index in [0.29, 0.717) is 48.2 Å². The molecular formula is C23H30N4O6. The molecule has 33 heavy (non-hydrogen) atoms. The molecule has 1 aliphatic rings. The van der Waals surface area contributed by atoms with Gasteiger partial charge in [0.05, 0.1) is 34.0 Å². The third-order valence-corrected chi connectivity index (χ3v) is 5.15. The number of morpholine rings is 1. The summed E-state index contributed by atoms with van der Waals surface area (Å²) in [5.41, 5.74) is 1.70. The summed E-state index contributed by atoms with van der Waals surface area (Å²) >= 11 is 0. The summed E-state index contributed by atoms with van der Waals surface area (Å²) in [4.78, 5) is 26.5. The molecule has 0 unspecified atom stereocenters. The highest BCUT2D eigenvalue weighted by atomic mass is 16.5. The van der Waals surface area contributed by atoms with Crippen molar-refractivity contribution in [3.8, 4) is 11.5 Å². The molecule has 1 heterocycles. The first-order chi connectivity index (χ1) is 16.0. The van der Waals surface area contributed by atoms with Crippen molar-refractivity contribution in [1.29, 1.82) is 0 Å². The van der Waals surface area contributed by atoms with Crippen LogP contribution in [0.25, 0.3) is 0 Å². The molecule has 0 aromatic heterocycles. The average molecular weight is 459 g/mol. The van der Waals surface area contributed by atoms with Crippen molar-refractivity contribution in [2.75, 3.05) is 64.2 Å². The van der Waals surface area contributed by atoms with E-state index in [4.69, 9.17) is 14.2 Å². The van der Waals surface area contributed by atoms with Gasteiger partial charge in [0, 0.05) is 36.6 Å². The van der Waals surface area contributed by atoms with Gasteiger partial charge in [-0.05, 0) is 42.5 Å². The molecule has 3 rings (SSSR count). The van der Waals surface area contributed by atoms with E-state index in [9.17, 15) is 14.7 Å². The molecule has 178 valence electrons. The zero-order valence-electron chi connectivity index (χ0n) is 18.8. The lowest BCUT2D eigenvalue weighted by Crippen LogP contribution is -2.41. The number of anilines is 2. The number of benzene rings is 2. The maximum Gasteiger partial charge on any atom is 0.319 e. The van der Waals surface area contributed by atoms with E-state index >= 15 is 0 Å². The Bertz CT molecular complexity index is 931. The molecule has 0 spiro atoms. The molecule has 0 aliphatic carbocycles. The number of hydrogen-bond donors (Lipinski definition) is 4. The summed E-state index contributed by atoms with van der Waals surface area (Å²) < 4.78 is 15.7. The zero-order valence-corrected chi connectivity index (χ0v) is 18.8. The number of methoxy groups -OCH3 is 2. The first-order valence-corrected chi connectivity index (χ1v) is 10.6. The lowest BCUT2D eigenvalue weighted by atomic mass is 10.1. The van der Waals surface area contributed by atoms with Crippen molar-refractivity contribution in [1.82, 2.24) is 10.2 Å². The van der Waals surface area contributed by atoms with Gasteiger partial charge in [0.1, 0.15) is 17.6 Å². The van der Waals surface area contributed by atoms with Crippen LogP contribution in [0.1, 0.15) is 11.7 Å². The van der Waals surface area contributed by atoms with E-state index in [1.165, 1.54) is 14.2 Å². The molecule has 0 saturated carbocycles. The summed E-state index contributed by atoms with van der Waals surface area (Å²) in [6.07, 6.45) is -0.982. The Kier molecular flexibility index (Phi) is 8.87. The third-order valence-electron chi connectivity index (χ3n) is 5.15. The van der Waals surface area contributed by atoms with Crippen LogP contribution in [-0.2, 0) is 9.53 Å². The number of nitrogens with zero attached hydrogens (tertiary/aromatic N) is 1. The Morgan fingerprint density at radius 1 is 1.03 bits per heavy atom. The summed E-state index contributed by atoms with van der Waals surface area (Å²) in [5, 5.41) is 18.6. The topological polar surface area (TPSA) is 121 Å². The SMILES string of the molecule is COc1ccc(OC)c([C@@H](O)CNC(=O)Nc2ccc(NC(=O)CN3CCOCC3)cc2)c1. The second kappa shape index (κ2) is 12.0. The van der Waals surface area contributed by atoms with Crippen LogP contribution in [0.4, 0.5) is 16.2 Å². The highest BCUT2D eigenvalue weighted by Crippen LogP contribution is 2.29. The number of nitrogens with one attached hydrogen (secondary N) is 3. The molecule has 2 aromatic rings. The highest BCUT2D eigenvalue weighted by molar-refractivity contribution is 5.93. The maximum absolute atomic E-state index is 12.2. The second-order valence-corrected chi connectivity index (χ2v) is 7.47. The van der Waals surface area contributed by atoms with Crippen LogP contribution in [0.15, 0.2) is 42.5 Å². The Hall–Kier alpha value is -3.34. The van der Waals surface area contributed by atoms with Gasteiger partial charge >= 0.3 is 6.03 Å². The number of hydrogen-bond acceptors (Lipinski definition) is 7. The molecule has 10 heteroatoms. The summed E-state index contributed by atoms with van der Waals surface area (Å²) in [6.45, 7) is 3.05. The van der Waals surface area contributed by atoms with Crippen LogP contribution in [0.3, 0.4) is 0 Å². The summed E-state index contributed by atoms with van der Waals surface area (Å²) in [6, 6.07) is 11.4. The summed E-state index contributed by atoms with van der Waals surface area (Å²) in [5.74, 6) is 0.973. The fraction of sp³-hybridized carbons (Fsp3) is 0.391. The van der Waals surface area contributed by atoms with Crippen LogP contribution in [0, 0.1) is 0 Å². The monoisotopic (exact) mass is 458 g/mol. The van der Waals surface area contributed by atoms with Gasteiger partial charge in [0.25, 0.3) is 0 Å². The molecule has 0 radical (unpaired) electrons. The number of carbonyl (C=O) groups excluding carboxylic acids is 2. The van der Waals surface area contributed by atoms with Gasteiger partial charge in [0.15, 0.2) is 0 Å². The Labute approximate surface area is 192 Å². The minimum absolute atomic E-state index is 0.0228. The number of aliphatic hydroxyl groups is 1.